The number of anilines is 1. The Balaban J connectivity index is 1.49. The Morgan fingerprint density at radius 2 is 2.13 bits per heavy atom. The fourth-order valence-electron chi connectivity index (χ4n) is 3.05. The highest BCUT2D eigenvalue weighted by Crippen LogP contribution is 2.32. The molecule has 2 aromatic rings. The fourth-order valence-corrected chi connectivity index (χ4v) is 3.77. The number of cyclic esters (lactones) is 1. The van der Waals surface area contributed by atoms with Crippen LogP contribution in [0.25, 0.3) is 10.2 Å². The first-order valence-corrected chi connectivity index (χ1v) is 8.17. The number of amides is 1. The Morgan fingerprint density at radius 3 is 2.83 bits per heavy atom. The molecule has 3 heterocycles. The number of nitrogen functional groups attached to an aromatic ring is 1. The number of aromatic nitrogens is 1. The van der Waals surface area contributed by atoms with Gasteiger partial charge in [-0.25, -0.2) is 9.78 Å². The number of rotatable bonds is 1. The number of nitrogens with zero attached hydrogens (tertiary/aromatic N) is 2. The van der Waals surface area contributed by atoms with E-state index >= 15 is 0 Å². The van der Waals surface area contributed by atoms with E-state index in [0.29, 0.717) is 36.6 Å². The first kappa shape index (κ1) is 14.3. The molecule has 1 aromatic heterocycles. The van der Waals surface area contributed by atoms with Gasteiger partial charge in [-0.05, 0) is 18.2 Å². The van der Waals surface area contributed by atoms with E-state index in [1.807, 2.05) is 6.07 Å². The van der Waals surface area contributed by atoms with Crippen molar-refractivity contribution in [1.82, 2.24) is 9.88 Å². The smallest absolute Gasteiger partial charge is 0.430 e. The molecule has 120 valence electrons. The molecule has 8 heteroatoms. The largest absolute Gasteiger partial charge is 0.509 e. The lowest BCUT2D eigenvalue weighted by Gasteiger charge is -2.36. The van der Waals surface area contributed by atoms with E-state index in [9.17, 15) is 9.59 Å². The van der Waals surface area contributed by atoms with Crippen LogP contribution in [-0.2, 0) is 9.47 Å². The van der Waals surface area contributed by atoms with Crippen molar-refractivity contribution in [3.8, 4) is 0 Å². The molecule has 2 aliphatic rings. The number of fused-ring (bicyclic) bond motifs is 1. The summed E-state index contributed by atoms with van der Waals surface area (Å²) >= 11 is 1.40. The van der Waals surface area contributed by atoms with E-state index in [1.54, 1.807) is 17.0 Å². The maximum atomic E-state index is 12.6. The number of likely N-dealkylation sites (tertiary alicyclic amines) is 1. The maximum absolute atomic E-state index is 12.6. The second kappa shape index (κ2) is 5.09. The molecule has 7 nitrogen and oxygen atoms in total. The van der Waals surface area contributed by atoms with E-state index in [0.717, 1.165) is 10.2 Å². The average Bonchev–Trinajstić information content (AvgIpc) is 3.08. The molecule has 1 spiro atoms. The number of carbonyl (C=O) groups is 2. The molecule has 0 saturated carbocycles. The van der Waals surface area contributed by atoms with Gasteiger partial charge >= 0.3 is 6.16 Å². The lowest BCUT2D eigenvalue weighted by Crippen LogP contribution is -2.48. The van der Waals surface area contributed by atoms with Crippen LogP contribution in [0.5, 0.6) is 0 Å². The minimum atomic E-state index is -0.614. The number of ether oxygens (including phenoxy) is 2. The first-order valence-electron chi connectivity index (χ1n) is 7.36. The van der Waals surface area contributed by atoms with Crippen LogP contribution in [0.15, 0.2) is 18.2 Å². The van der Waals surface area contributed by atoms with Crippen LogP contribution in [0, 0.1) is 0 Å². The van der Waals surface area contributed by atoms with Crippen molar-refractivity contribution in [3.63, 3.8) is 0 Å². The number of carbonyl (C=O) groups excluding carboxylic acids is 2. The molecule has 23 heavy (non-hydrogen) atoms. The molecule has 1 amide bonds. The summed E-state index contributed by atoms with van der Waals surface area (Å²) in [5.41, 5.74) is 6.48. The van der Waals surface area contributed by atoms with Gasteiger partial charge in [0.2, 0.25) is 0 Å². The summed E-state index contributed by atoms with van der Waals surface area (Å²) in [6, 6.07) is 5.44. The van der Waals surface area contributed by atoms with Crippen LogP contribution < -0.4 is 5.73 Å². The normalized spacial score (nSPS) is 19.8. The summed E-state index contributed by atoms with van der Waals surface area (Å²) in [5.74, 6) is -0.0430. The molecule has 0 atom stereocenters. The maximum Gasteiger partial charge on any atom is 0.509 e. The van der Waals surface area contributed by atoms with Crippen LogP contribution in [0.4, 0.5) is 9.93 Å². The zero-order valence-corrected chi connectivity index (χ0v) is 13.1. The van der Waals surface area contributed by atoms with Gasteiger partial charge < -0.3 is 20.1 Å². The Hall–Kier alpha value is -2.35. The Bertz CT molecular complexity index is 795. The van der Waals surface area contributed by atoms with Crippen LogP contribution >= 0.6 is 11.3 Å². The van der Waals surface area contributed by atoms with E-state index in [2.05, 4.69) is 4.98 Å². The highest BCUT2D eigenvalue weighted by molar-refractivity contribution is 7.22. The lowest BCUT2D eigenvalue weighted by atomic mass is 9.92. The fraction of sp³-hybridized carbons (Fsp3) is 0.400. The monoisotopic (exact) mass is 333 g/mol. The van der Waals surface area contributed by atoms with Gasteiger partial charge in [0.25, 0.3) is 5.91 Å². The number of hydrogen-bond acceptors (Lipinski definition) is 7. The molecule has 1 aromatic carbocycles. The van der Waals surface area contributed by atoms with Gasteiger partial charge in [-0.3, -0.25) is 4.79 Å². The Morgan fingerprint density at radius 1 is 1.35 bits per heavy atom. The molecular weight excluding hydrogens is 318 g/mol. The highest BCUT2D eigenvalue weighted by atomic mass is 32.1. The average molecular weight is 333 g/mol. The summed E-state index contributed by atoms with van der Waals surface area (Å²) in [6.07, 6.45) is 0.573. The third kappa shape index (κ3) is 2.48. The van der Waals surface area contributed by atoms with Crippen molar-refractivity contribution in [2.24, 2.45) is 0 Å². The first-order chi connectivity index (χ1) is 11.0. The zero-order valence-electron chi connectivity index (χ0n) is 12.3. The van der Waals surface area contributed by atoms with Gasteiger partial charge in [0.15, 0.2) is 10.7 Å². The van der Waals surface area contributed by atoms with Gasteiger partial charge in [0.05, 0.1) is 10.2 Å². The summed E-state index contributed by atoms with van der Waals surface area (Å²) in [4.78, 5) is 29.8. The molecule has 2 N–H and O–H groups in total. The predicted octanol–water partition coefficient (Wildman–Crippen LogP) is 2.02. The summed E-state index contributed by atoms with van der Waals surface area (Å²) < 4.78 is 11.1. The molecule has 2 saturated heterocycles. The van der Waals surface area contributed by atoms with Gasteiger partial charge in [-0.1, -0.05) is 11.3 Å². The number of thiazole rings is 1. The minimum Gasteiger partial charge on any atom is -0.430 e. The molecule has 0 radical (unpaired) electrons. The molecule has 2 aliphatic heterocycles. The van der Waals surface area contributed by atoms with Crippen LogP contribution in [0.1, 0.15) is 23.2 Å². The van der Waals surface area contributed by atoms with Crippen molar-refractivity contribution in [3.05, 3.63) is 23.8 Å². The van der Waals surface area contributed by atoms with Crippen LogP contribution in [0.2, 0.25) is 0 Å². The van der Waals surface area contributed by atoms with E-state index in [-0.39, 0.29) is 12.5 Å². The third-order valence-electron chi connectivity index (χ3n) is 4.37. The van der Waals surface area contributed by atoms with E-state index in [4.69, 9.17) is 15.2 Å². The molecule has 0 aliphatic carbocycles. The lowest BCUT2D eigenvalue weighted by molar-refractivity contribution is 0.00282. The zero-order chi connectivity index (χ0) is 16.0. The van der Waals surface area contributed by atoms with Crippen LogP contribution in [0.3, 0.4) is 0 Å². The topological polar surface area (TPSA) is 94.8 Å². The van der Waals surface area contributed by atoms with Crippen molar-refractivity contribution >= 4 is 38.7 Å². The standard InChI is InChI=1S/C15H15N3O4S/c16-13-17-10-7-9(1-2-11(10)23-13)12(19)18-5-3-15(4-6-18)8-21-14(20)22-15/h1-2,7H,3-6,8H2,(H2,16,17). The summed E-state index contributed by atoms with van der Waals surface area (Å²) in [7, 11) is 0. The van der Waals surface area contributed by atoms with Crippen LogP contribution in [-0.4, -0.2) is 47.2 Å². The Kier molecular flexibility index (Phi) is 3.15. The van der Waals surface area contributed by atoms with Gasteiger partial charge in [0.1, 0.15) is 6.61 Å². The highest BCUT2D eigenvalue weighted by Gasteiger charge is 2.45. The minimum absolute atomic E-state index is 0.0430. The quantitative estimate of drug-likeness (QED) is 0.802. The summed E-state index contributed by atoms with van der Waals surface area (Å²) in [6.45, 7) is 1.34. The molecule has 0 bridgehead atoms. The molecule has 4 rings (SSSR count). The predicted molar refractivity (Wildman–Crippen MR) is 84.3 cm³/mol. The Labute approximate surface area is 136 Å². The van der Waals surface area contributed by atoms with Gasteiger partial charge in [-0.2, -0.15) is 0 Å². The second-order valence-electron chi connectivity index (χ2n) is 5.85. The molecular formula is C15H15N3O4S. The number of benzene rings is 1. The van der Waals surface area contributed by atoms with Crippen molar-refractivity contribution in [1.29, 1.82) is 0 Å². The third-order valence-corrected chi connectivity index (χ3v) is 5.23. The van der Waals surface area contributed by atoms with Gasteiger partial charge in [-0.15, -0.1) is 0 Å². The summed E-state index contributed by atoms with van der Waals surface area (Å²) in [5, 5.41) is 0.493. The van der Waals surface area contributed by atoms with Gasteiger partial charge in [0, 0.05) is 31.5 Å². The van der Waals surface area contributed by atoms with E-state index in [1.165, 1.54) is 11.3 Å². The molecule has 2 fully saturated rings. The number of nitrogens with two attached hydrogens (primary N) is 1. The second-order valence-corrected chi connectivity index (χ2v) is 6.91. The molecule has 0 unspecified atom stereocenters. The van der Waals surface area contributed by atoms with Crippen molar-refractivity contribution < 1.29 is 19.1 Å². The number of piperidine rings is 1. The number of hydrogen-bond donors (Lipinski definition) is 1. The van der Waals surface area contributed by atoms with Crippen molar-refractivity contribution in [2.45, 2.75) is 18.4 Å². The van der Waals surface area contributed by atoms with E-state index < -0.39 is 11.8 Å². The van der Waals surface area contributed by atoms with Crippen molar-refractivity contribution in [2.75, 3.05) is 25.4 Å². The SMILES string of the molecule is Nc1nc2cc(C(=O)N3CCC4(CC3)COC(=O)O4)ccc2s1.